The minimum atomic E-state index is -0.515. The Kier molecular flexibility index (Phi) is 6.96. The van der Waals surface area contributed by atoms with E-state index in [1.165, 1.54) is 30.9 Å². The van der Waals surface area contributed by atoms with Crippen molar-refractivity contribution in [3.05, 3.63) is 58.1 Å². The van der Waals surface area contributed by atoms with Gasteiger partial charge >= 0.3 is 0 Å². The van der Waals surface area contributed by atoms with Gasteiger partial charge in [0.25, 0.3) is 5.69 Å². The van der Waals surface area contributed by atoms with Gasteiger partial charge in [-0.3, -0.25) is 14.9 Å². The number of methoxy groups -OCH3 is 1. The summed E-state index contributed by atoms with van der Waals surface area (Å²) in [7, 11) is 1.40. The highest BCUT2D eigenvalue weighted by Gasteiger charge is 2.13. The number of carbonyl (C=O) groups excluding carboxylic acids is 1. The molecule has 7 heteroatoms. The normalized spacial score (nSPS) is 10.2. The van der Waals surface area contributed by atoms with Crippen molar-refractivity contribution >= 4 is 17.3 Å². The summed E-state index contributed by atoms with van der Waals surface area (Å²) < 4.78 is 10.7. The van der Waals surface area contributed by atoms with E-state index in [2.05, 4.69) is 12.2 Å². The predicted octanol–water partition coefficient (Wildman–Crippen LogP) is 3.96. The van der Waals surface area contributed by atoms with Crippen molar-refractivity contribution in [3.63, 3.8) is 0 Å². The van der Waals surface area contributed by atoms with Gasteiger partial charge in [-0.15, -0.1) is 0 Å². The lowest BCUT2D eigenvalue weighted by molar-refractivity contribution is -0.384. The monoisotopic (exact) mass is 358 g/mol. The first-order chi connectivity index (χ1) is 12.5. The van der Waals surface area contributed by atoms with Crippen LogP contribution in [0.25, 0.3) is 0 Å². The summed E-state index contributed by atoms with van der Waals surface area (Å²) in [5.41, 5.74) is 1.55. The first-order valence-corrected chi connectivity index (χ1v) is 8.37. The second-order valence-electron chi connectivity index (χ2n) is 5.64. The summed E-state index contributed by atoms with van der Waals surface area (Å²) >= 11 is 0. The summed E-state index contributed by atoms with van der Waals surface area (Å²) in [5, 5.41) is 13.5. The second kappa shape index (κ2) is 9.41. The molecule has 0 unspecified atom stereocenters. The fraction of sp³-hybridized carbons (Fsp3) is 0.316. The van der Waals surface area contributed by atoms with Gasteiger partial charge in [0.15, 0.2) is 0 Å². The van der Waals surface area contributed by atoms with Gasteiger partial charge < -0.3 is 14.8 Å². The van der Waals surface area contributed by atoms with Gasteiger partial charge in [0, 0.05) is 12.5 Å². The van der Waals surface area contributed by atoms with Crippen LogP contribution in [0.4, 0.5) is 11.4 Å². The van der Waals surface area contributed by atoms with E-state index in [9.17, 15) is 14.9 Å². The zero-order valence-electron chi connectivity index (χ0n) is 14.9. The van der Waals surface area contributed by atoms with Gasteiger partial charge in [-0.1, -0.05) is 19.1 Å². The van der Waals surface area contributed by atoms with Crippen LogP contribution in [0.2, 0.25) is 0 Å². The van der Waals surface area contributed by atoms with Crippen LogP contribution in [0.3, 0.4) is 0 Å². The number of aryl methyl sites for hydroxylation is 1. The van der Waals surface area contributed by atoms with Crippen molar-refractivity contribution in [2.45, 2.75) is 26.2 Å². The van der Waals surface area contributed by atoms with Crippen LogP contribution in [0.15, 0.2) is 42.5 Å². The number of amides is 1. The number of nitro benzene ring substituents is 1. The van der Waals surface area contributed by atoms with Gasteiger partial charge in [0.05, 0.1) is 30.4 Å². The predicted molar refractivity (Wildman–Crippen MR) is 98.8 cm³/mol. The van der Waals surface area contributed by atoms with Crippen molar-refractivity contribution in [1.29, 1.82) is 0 Å². The van der Waals surface area contributed by atoms with Gasteiger partial charge in [-0.2, -0.15) is 0 Å². The van der Waals surface area contributed by atoms with Crippen molar-refractivity contribution in [1.82, 2.24) is 0 Å². The highest BCUT2D eigenvalue weighted by atomic mass is 16.6. The molecule has 7 nitrogen and oxygen atoms in total. The summed E-state index contributed by atoms with van der Waals surface area (Å²) in [6.07, 6.45) is 1.80. The first-order valence-electron chi connectivity index (χ1n) is 8.37. The minimum Gasteiger partial charge on any atom is -0.494 e. The molecule has 0 radical (unpaired) electrons. The zero-order valence-corrected chi connectivity index (χ0v) is 14.9. The van der Waals surface area contributed by atoms with Crippen LogP contribution >= 0.6 is 0 Å². The fourth-order valence-electron chi connectivity index (χ4n) is 2.35. The largest absolute Gasteiger partial charge is 0.494 e. The lowest BCUT2D eigenvalue weighted by atomic mass is 10.2. The minimum absolute atomic E-state index is 0.0951. The standard InChI is InChI=1S/C19H22N2O5/c1-3-14-6-9-16(10-7-14)26-12-4-5-19(22)20-17-11-8-15(21(23)24)13-18(17)25-2/h6-11,13H,3-5,12H2,1-2H3,(H,20,22). The number of hydrogen-bond acceptors (Lipinski definition) is 5. The lowest BCUT2D eigenvalue weighted by Crippen LogP contribution is -2.13. The Morgan fingerprint density at radius 2 is 1.92 bits per heavy atom. The Hall–Kier alpha value is -3.09. The molecule has 0 aliphatic rings. The average molecular weight is 358 g/mol. The second-order valence-corrected chi connectivity index (χ2v) is 5.64. The van der Waals surface area contributed by atoms with Crippen LogP contribution in [0.5, 0.6) is 11.5 Å². The highest BCUT2D eigenvalue weighted by Crippen LogP contribution is 2.29. The number of nitrogens with zero attached hydrogens (tertiary/aromatic N) is 1. The van der Waals surface area contributed by atoms with Crippen LogP contribution in [-0.2, 0) is 11.2 Å². The van der Waals surface area contributed by atoms with E-state index in [-0.39, 0.29) is 23.8 Å². The van der Waals surface area contributed by atoms with Gasteiger partial charge in [-0.05, 0) is 36.6 Å². The zero-order chi connectivity index (χ0) is 18.9. The third kappa shape index (κ3) is 5.47. The molecule has 0 heterocycles. The molecule has 0 aliphatic carbocycles. The molecule has 0 saturated heterocycles. The topological polar surface area (TPSA) is 90.7 Å². The molecular weight excluding hydrogens is 336 g/mol. The molecule has 2 aromatic rings. The van der Waals surface area contributed by atoms with Crippen LogP contribution in [0, 0.1) is 10.1 Å². The molecule has 2 aromatic carbocycles. The molecule has 26 heavy (non-hydrogen) atoms. The lowest BCUT2D eigenvalue weighted by Gasteiger charge is -2.10. The van der Waals surface area contributed by atoms with E-state index < -0.39 is 4.92 Å². The molecule has 138 valence electrons. The Morgan fingerprint density at radius 3 is 2.54 bits per heavy atom. The number of nitrogens with one attached hydrogen (secondary N) is 1. The van der Waals surface area contributed by atoms with Gasteiger partial charge in [-0.25, -0.2) is 0 Å². The van der Waals surface area contributed by atoms with Crippen molar-refractivity contribution in [2.75, 3.05) is 19.0 Å². The van der Waals surface area contributed by atoms with Crippen molar-refractivity contribution in [2.24, 2.45) is 0 Å². The number of anilines is 1. The molecule has 0 spiro atoms. The quantitative estimate of drug-likeness (QED) is 0.416. The molecule has 1 amide bonds. The Bertz CT molecular complexity index is 759. The number of nitro groups is 1. The molecule has 0 atom stereocenters. The Morgan fingerprint density at radius 1 is 1.19 bits per heavy atom. The van der Waals surface area contributed by atoms with E-state index in [4.69, 9.17) is 9.47 Å². The molecule has 0 saturated carbocycles. The average Bonchev–Trinajstić information content (AvgIpc) is 2.65. The Balaban J connectivity index is 1.80. The van der Waals surface area contributed by atoms with E-state index in [1.54, 1.807) is 0 Å². The van der Waals surface area contributed by atoms with E-state index in [0.29, 0.717) is 18.7 Å². The molecule has 1 N–H and O–H groups in total. The van der Waals surface area contributed by atoms with E-state index in [0.717, 1.165) is 12.2 Å². The van der Waals surface area contributed by atoms with Gasteiger partial charge in [0.2, 0.25) is 5.91 Å². The third-order valence-electron chi connectivity index (χ3n) is 3.82. The molecule has 0 aromatic heterocycles. The molecule has 0 aliphatic heterocycles. The first kappa shape index (κ1) is 19.2. The maximum absolute atomic E-state index is 12.0. The number of hydrogen-bond donors (Lipinski definition) is 1. The van der Waals surface area contributed by atoms with Crippen LogP contribution < -0.4 is 14.8 Å². The van der Waals surface area contributed by atoms with Crippen molar-refractivity contribution in [3.8, 4) is 11.5 Å². The summed E-state index contributed by atoms with van der Waals surface area (Å²) in [6, 6.07) is 11.9. The number of non-ortho nitro benzene ring substituents is 1. The van der Waals surface area contributed by atoms with Crippen LogP contribution in [-0.4, -0.2) is 24.5 Å². The maximum atomic E-state index is 12.0. The Labute approximate surface area is 152 Å². The number of carbonyl (C=O) groups is 1. The molecule has 2 rings (SSSR count). The van der Waals surface area contributed by atoms with Crippen LogP contribution in [0.1, 0.15) is 25.3 Å². The SMILES string of the molecule is CCc1ccc(OCCCC(=O)Nc2ccc([N+](=O)[O-])cc2OC)cc1. The highest BCUT2D eigenvalue weighted by molar-refractivity contribution is 5.92. The number of ether oxygens (including phenoxy) is 2. The smallest absolute Gasteiger partial charge is 0.273 e. The van der Waals surface area contributed by atoms with E-state index >= 15 is 0 Å². The number of rotatable bonds is 9. The van der Waals surface area contributed by atoms with Crippen molar-refractivity contribution < 1.29 is 19.2 Å². The summed E-state index contributed by atoms with van der Waals surface area (Å²) in [4.78, 5) is 22.3. The maximum Gasteiger partial charge on any atom is 0.273 e. The number of benzene rings is 2. The van der Waals surface area contributed by atoms with E-state index in [1.807, 2.05) is 24.3 Å². The third-order valence-corrected chi connectivity index (χ3v) is 3.82. The fourth-order valence-corrected chi connectivity index (χ4v) is 2.35. The molecule has 0 bridgehead atoms. The summed E-state index contributed by atoms with van der Waals surface area (Å²) in [6.45, 7) is 2.52. The van der Waals surface area contributed by atoms with Gasteiger partial charge in [0.1, 0.15) is 11.5 Å². The summed E-state index contributed by atoms with van der Waals surface area (Å²) in [5.74, 6) is 0.821. The molecule has 0 fully saturated rings. The molecular formula is C19H22N2O5.